The minimum absolute atomic E-state index is 0.0642. The highest BCUT2D eigenvalue weighted by molar-refractivity contribution is 5.81. The van der Waals surface area contributed by atoms with Gasteiger partial charge in [-0.2, -0.15) is 10.1 Å². The highest BCUT2D eigenvalue weighted by Crippen LogP contribution is 2.56. The van der Waals surface area contributed by atoms with Gasteiger partial charge in [0.2, 0.25) is 5.95 Å². The van der Waals surface area contributed by atoms with Crippen LogP contribution in [0.15, 0.2) is 41.3 Å². The van der Waals surface area contributed by atoms with Crippen LogP contribution in [0.3, 0.4) is 0 Å². The molecule has 1 saturated heterocycles. The Balaban J connectivity index is 1.10. The molecule has 38 heavy (non-hydrogen) atoms. The topological polar surface area (TPSA) is 129 Å². The molecule has 4 aliphatic rings. The first-order valence-corrected chi connectivity index (χ1v) is 13.9. The summed E-state index contributed by atoms with van der Waals surface area (Å²) in [6.07, 6.45) is 8.89. The van der Waals surface area contributed by atoms with Crippen LogP contribution in [0.5, 0.6) is 0 Å². The predicted octanol–water partition coefficient (Wildman–Crippen LogP) is 3.32. The number of nitrogens with two attached hydrogens (primary N) is 1. The lowest BCUT2D eigenvalue weighted by molar-refractivity contribution is 0.187. The molecule has 2 aliphatic heterocycles. The zero-order valence-corrected chi connectivity index (χ0v) is 21.4. The number of aromatic amines is 2. The van der Waals surface area contributed by atoms with Gasteiger partial charge in [-0.25, -0.2) is 4.98 Å². The van der Waals surface area contributed by atoms with E-state index in [-0.39, 0.29) is 22.4 Å². The van der Waals surface area contributed by atoms with E-state index in [1.807, 2.05) is 6.20 Å². The molecule has 194 valence electrons. The molecule has 8 rings (SSSR count). The molecule has 1 atom stereocenters. The average Bonchev–Trinajstić information content (AvgIpc) is 3.56. The van der Waals surface area contributed by atoms with E-state index in [9.17, 15) is 4.79 Å². The van der Waals surface area contributed by atoms with Crippen molar-refractivity contribution >= 4 is 22.8 Å². The Kier molecular flexibility index (Phi) is 4.63. The number of pyridine rings is 1. The fourth-order valence-corrected chi connectivity index (χ4v) is 7.47. The number of benzene rings is 1. The number of rotatable bonds is 3. The second kappa shape index (κ2) is 7.89. The third-order valence-corrected chi connectivity index (χ3v) is 9.74. The van der Waals surface area contributed by atoms with Gasteiger partial charge in [-0.05, 0) is 78.7 Å². The summed E-state index contributed by atoms with van der Waals surface area (Å²) >= 11 is 0. The fraction of sp³-hybridized carbons (Fsp3) is 0.448. The molecule has 5 heterocycles. The second-order valence-electron chi connectivity index (χ2n) is 11.7. The number of hydrogen-bond acceptors (Lipinski definition) is 7. The van der Waals surface area contributed by atoms with Crippen molar-refractivity contribution in [1.29, 1.82) is 0 Å². The summed E-state index contributed by atoms with van der Waals surface area (Å²) in [5.74, 6) is 1.59. The Hall–Kier alpha value is -3.72. The molecule has 3 aromatic heterocycles. The van der Waals surface area contributed by atoms with Gasteiger partial charge in [0.05, 0.1) is 5.69 Å². The number of piperidine rings is 1. The Bertz CT molecular complexity index is 1630. The van der Waals surface area contributed by atoms with E-state index >= 15 is 0 Å². The van der Waals surface area contributed by atoms with E-state index in [1.54, 1.807) is 0 Å². The molecule has 4 aromatic rings. The van der Waals surface area contributed by atoms with E-state index in [0.29, 0.717) is 17.0 Å². The first-order valence-electron chi connectivity index (χ1n) is 13.9. The molecule has 9 nitrogen and oxygen atoms in total. The monoisotopic (exact) mass is 508 g/mol. The fourth-order valence-electron chi connectivity index (χ4n) is 7.47. The molecule has 2 aliphatic carbocycles. The van der Waals surface area contributed by atoms with Crippen LogP contribution in [-0.4, -0.2) is 44.8 Å². The third kappa shape index (κ3) is 3.08. The minimum atomic E-state index is -0.244. The van der Waals surface area contributed by atoms with Crippen LogP contribution >= 0.6 is 0 Å². The maximum absolute atomic E-state index is 13.5. The second-order valence-corrected chi connectivity index (χ2v) is 11.7. The first-order chi connectivity index (χ1) is 18.6. The molecular weight excluding hydrogens is 476 g/mol. The number of nitrogens with one attached hydrogen (secondary N) is 3. The predicted molar refractivity (Wildman–Crippen MR) is 147 cm³/mol. The Morgan fingerprint density at radius 1 is 1.08 bits per heavy atom. The molecular formula is C29H32N8O. The molecule has 1 spiro atoms. The van der Waals surface area contributed by atoms with Crippen molar-refractivity contribution in [3.8, 4) is 0 Å². The van der Waals surface area contributed by atoms with Crippen molar-refractivity contribution in [1.82, 2.24) is 25.1 Å². The van der Waals surface area contributed by atoms with Gasteiger partial charge in [-0.1, -0.05) is 24.3 Å². The molecule has 5 N–H and O–H groups in total. The largest absolute Gasteiger partial charge is 0.370 e. The van der Waals surface area contributed by atoms with Crippen molar-refractivity contribution in [2.24, 2.45) is 11.1 Å². The number of H-pyrrole nitrogens is 2. The van der Waals surface area contributed by atoms with E-state index in [4.69, 9.17) is 15.8 Å². The van der Waals surface area contributed by atoms with Crippen LogP contribution in [0.4, 0.5) is 11.8 Å². The highest BCUT2D eigenvalue weighted by atomic mass is 16.1. The summed E-state index contributed by atoms with van der Waals surface area (Å²) in [6, 6.07) is 10.8. The van der Waals surface area contributed by atoms with Gasteiger partial charge in [0, 0.05) is 37.3 Å². The number of aromatic nitrogens is 5. The molecule has 0 unspecified atom stereocenters. The van der Waals surface area contributed by atoms with Gasteiger partial charge in [0.1, 0.15) is 11.2 Å². The Morgan fingerprint density at radius 2 is 1.92 bits per heavy atom. The van der Waals surface area contributed by atoms with Gasteiger partial charge in [0.25, 0.3) is 5.56 Å². The van der Waals surface area contributed by atoms with Crippen LogP contribution in [0.25, 0.3) is 11.0 Å². The SMILES string of the molecule is N[C@@H]1c2ccccc2CC12CCN(c1nc3[nH]nc(C4(c5ccnc6c5CCCN6)CC4)c3c(=O)[nH]1)CC2. The summed E-state index contributed by atoms with van der Waals surface area (Å²) in [5.41, 5.74) is 13.1. The van der Waals surface area contributed by atoms with E-state index in [2.05, 4.69) is 55.6 Å². The number of nitrogens with zero attached hydrogens (tertiary/aromatic N) is 4. The molecule has 1 saturated carbocycles. The minimum Gasteiger partial charge on any atom is -0.370 e. The van der Waals surface area contributed by atoms with E-state index in [0.717, 1.165) is 76.1 Å². The van der Waals surface area contributed by atoms with Crippen LogP contribution in [-0.2, 0) is 18.3 Å². The van der Waals surface area contributed by atoms with Crippen LogP contribution in [0.1, 0.15) is 66.1 Å². The van der Waals surface area contributed by atoms with Gasteiger partial charge < -0.3 is 16.0 Å². The maximum Gasteiger partial charge on any atom is 0.263 e. The Labute approximate surface area is 220 Å². The zero-order valence-electron chi connectivity index (χ0n) is 21.4. The third-order valence-electron chi connectivity index (χ3n) is 9.74. The summed E-state index contributed by atoms with van der Waals surface area (Å²) in [4.78, 5) is 28.3. The van der Waals surface area contributed by atoms with Gasteiger partial charge in [0.15, 0.2) is 5.65 Å². The number of anilines is 2. The average molecular weight is 509 g/mol. The molecule has 9 heteroatoms. The summed E-state index contributed by atoms with van der Waals surface area (Å²) in [7, 11) is 0. The smallest absolute Gasteiger partial charge is 0.263 e. The summed E-state index contributed by atoms with van der Waals surface area (Å²) in [5, 5.41) is 11.8. The normalized spacial score (nSPS) is 22.8. The molecule has 0 bridgehead atoms. The maximum atomic E-state index is 13.5. The van der Waals surface area contributed by atoms with Gasteiger partial charge in [-0.3, -0.25) is 14.9 Å². The molecule has 0 amide bonds. The lowest BCUT2D eigenvalue weighted by Crippen LogP contribution is -2.45. The number of fused-ring (bicyclic) bond motifs is 3. The molecule has 0 radical (unpaired) electrons. The van der Waals surface area contributed by atoms with Crippen molar-refractivity contribution < 1.29 is 0 Å². The molecule has 1 aromatic carbocycles. The summed E-state index contributed by atoms with van der Waals surface area (Å²) < 4.78 is 0. The standard InChI is InChI=1S/C29H32N8O/c30-22-18-5-2-1-4-17(18)16-28(22)10-14-37(15-11-28)27-33-25-21(26(38)34-27)23(35-36-25)29(8-9-29)20-7-13-32-24-19(20)6-3-12-31-24/h1-2,4-5,7,13,22H,3,6,8-12,14-16,30H2,(H,31,32)(H2,33,34,35,36,38)/t22-/m1/s1. The highest BCUT2D eigenvalue weighted by Gasteiger charge is 2.51. The van der Waals surface area contributed by atoms with Crippen molar-refractivity contribution in [2.45, 2.75) is 56.4 Å². The lowest BCUT2D eigenvalue weighted by Gasteiger charge is -2.42. The lowest BCUT2D eigenvalue weighted by atomic mass is 9.73. The number of hydrogen-bond donors (Lipinski definition) is 4. The van der Waals surface area contributed by atoms with Crippen molar-refractivity contribution in [2.75, 3.05) is 29.9 Å². The van der Waals surface area contributed by atoms with Gasteiger partial charge >= 0.3 is 0 Å². The van der Waals surface area contributed by atoms with E-state index < -0.39 is 0 Å². The van der Waals surface area contributed by atoms with Crippen LogP contribution < -0.4 is 21.5 Å². The van der Waals surface area contributed by atoms with Crippen LogP contribution in [0, 0.1) is 5.41 Å². The molecule has 2 fully saturated rings. The Morgan fingerprint density at radius 3 is 2.74 bits per heavy atom. The van der Waals surface area contributed by atoms with Crippen molar-refractivity contribution in [3.05, 3.63) is 74.8 Å². The van der Waals surface area contributed by atoms with E-state index in [1.165, 1.54) is 22.3 Å². The van der Waals surface area contributed by atoms with Crippen LogP contribution in [0.2, 0.25) is 0 Å². The van der Waals surface area contributed by atoms with Crippen molar-refractivity contribution in [3.63, 3.8) is 0 Å². The zero-order chi connectivity index (χ0) is 25.5. The van der Waals surface area contributed by atoms with Gasteiger partial charge in [-0.15, -0.1) is 0 Å². The quantitative estimate of drug-likeness (QED) is 0.334. The first kappa shape index (κ1) is 22.3. The summed E-state index contributed by atoms with van der Waals surface area (Å²) in [6.45, 7) is 2.58.